The van der Waals surface area contributed by atoms with E-state index >= 15 is 0 Å². The number of para-hydroxylation sites is 1. The van der Waals surface area contributed by atoms with E-state index in [4.69, 9.17) is 15.0 Å². The number of hydrogen-bond donors (Lipinski definition) is 2. The monoisotopic (exact) mass is 246 g/mol. The van der Waals surface area contributed by atoms with Crippen LogP contribution in [0.3, 0.4) is 0 Å². The van der Waals surface area contributed by atoms with Crippen LogP contribution < -0.4 is 16.0 Å². The Morgan fingerprint density at radius 2 is 2.11 bits per heavy atom. The standard InChI is InChI=1S/C14H18N2O2/c1-2-9-17-12-7-4-3-6-11(12)14(16-15)13-8-5-10-18-13/h3-8,10,14,16H,2,9,15H2,1H3. The van der Waals surface area contributed by atoms with Crippen molar-refractivity contribution in [2.75, 3.05) is 6.61 Å². The highest BCUT2D eigenvalue weighted by atomic mass is 16.5. The van der Waals surface area contributed by atoms with Gasteiger partial charge in [0.05, 0.1) is 12.9 Å². The fourth-order valence-electron chi connectivity index (χ4n) is 1.84. The lowest BCUT2D eigenvalue weighted by Crippen LogP contribution is -2.28. The Labute approximate surface area is 107 Å². The summed E-state index contributed by atoms with van der Waals surface area (Å²) in [6.07, 6.45) is 2.60. The number of ether oxygens (including phenoxy) is 1. The minimum Gasteiger partial charge on any atom is -0.493 e. The molecule has 0 amide bonds. The topological polar surface area (TPSA) is 60.4 Å². The number of nitrogens with two attached hydrogens (primary N) is 1. The van der Waals surface area contributed by atoms with Gasteiger partial charge in [0.2, 0.25) is 0 Å². The van der Waals surface area contributed by atoms with E-state index in [1.165, 1.54) is 0 Å². The second kappa shape index (κ2) is 6.23. The third-order valence-corrected chi connectivity index (χ3v) is 2.69. The second-order valence-electron chi connectivity index (χ2n) is 4.00. The molecule has 0 bridgehead atoms. The van der Waals surface area contributed by atoms with Crippen molar-refractivity contribution in [3.8, 4) is 5.75 Å². The lowest BCUT2D eigenvalue weighted by Gasteiger charge is -2.18. The van der Waals surface area contributed by atoms with Gasteiger partial charge in [-0.3, -0.25) is 5.84 Å². The first kappa shape index (κ1) is 12.7. The Bertz CT molecular complexity index is 468. The van der Waals surface area contributed by atoms with Crippen molar-refractivity contribution in [3.05, 3.63) is 54.0 Å². The molecule has 0 radical (unpaired) electrons. The zero-order valence-corrected chi connectivity index (χ0v) is 10.4. The van der Waals surface area contributed by atoms with Crippen molar-refractivity contribution in [3.63, 3.8) is 0 Å². The maximum absolute atomic E-state index is 5.73. The molecule has 18 heavy (non-hydrogen) atoms. The summed E-state index contributed by atoms with van der Waals surface area (Å²) < 4.78 is 11.1. The Kier molecular flexibility index (Phi) is 4.39. The quantitative estimate of drug-likeness (QED) is 0.607. The fraction of sp³-hybridized carbons (Fsp3) is 0.286. The molecule has 96 valence electrons. The smallest absolute Gasteiger partial charge is 0.126 e. The molecule has 4 nitrogen and oxygen atoms in total. The summed E-state index contributed by atoms with van der Waals surface area (Å²) in [7, 11) is 0. The van der Waals surface area contributed by atoms with Crippen LogP contribution >= 0.6 is 0 Å². The van der Waals surface area contributed by atoms with Gasteiger partial charge in [-0.25, -0.2) is 5.43 Å². The average Bonchev–Trinajstić information content (AvgIpc) is 2.92. The Balaban J connectivity index is 2.30. The predicted molar refractivity (Wildman–Crippen MR) is 70.1 cm³/mol. The first-order valence-corrected chi connectivity index (χ1v) is 6.08. The van der Waals surface area contributed by atoms with Crippen LogP contribution in [-0.4, -0.2) is 6.61 Å². The van der Waals surface area contributed by atoms with E-state index in [1.54, 1.807) is 6.26 Å². The van der Waals surface area contributed by atoms with Gasteiger partial charge >= 0.3 is 0 Å². The van der Waals surface area contributed by atoms with Crippen molar-refractivity contribution < 1.29 is 9.15 Å². The van der Waals surface area contributed by atoms with Crippen LogP contribution in [0.5, 0.6) is 5.75 Å². The van der Waals surface area contributed by atoms with Gasteiger partial charge in [0, 0.05) is 5.56 Å². The van der Waals surface area contributed by atoms with Gasteiger partial charge in [0.25, 0.3) is 0 Å². The summed E-state index contributed by atoms with van der Waals surface area (Å²) in [4.78, 5) is 0. The van der Waals surface area contributed by atoms with Gasteiger partial charge in [0.1, 0.15) is 17.6 Å². The summed E-state index contributed by atoms with van der Waals surface area (Å²) in [5, 5.41) is 0. The molecule has 0 aliphatic heterocycles. The molecule has 2 aromatic rings. The molecule has 4 heteroatoms. The molecule has 1 aromatic carbocycles. The van der Waals surface area contributed by atoms with Crippen molar-refractivity contribution in [1.29, 1.82) is 0 Å². The highest BCUT2D eigenvalue weighted by molar-refractivity contribution is 5.39. The Hall–Kier alpha value is -1.78. The molecule has 1 unspecified atom stereocenters. The molecule has 0 saturated heterocycles. The van der Waals surface area contributed by atoms with Crippen molar-refractivity contribution in [2.24, 2.45) is 5.84 Å². The maximum atomic E-state index is 5.73. The lowest BCUT2D eigenvalue weighted by atomic mass is 10.0. The molecule has 0 aliphatic rings. The van der Waals surface area contributed by atoms with Crippen LogP contribution in [-0.2, 0) is 0 Å². The van der Waals surface area contributed by atoms with Gasteiger partial charge in [-0.05, 0) is 24.6 Å². The maximum Gasteiger partial charge on any atom is 0.126 e. The minimum absolute atomic E-state index is 0.201. The van der Waals surface area contributed by atoms with Crippen LogP contribution in [0.15, 0.2) is 47.1 Å². The average molecular weight is 246 g/mol. The molecule has 1 heterocycles. The first-order chi connectivity index (χ1) is 8.86. The van der Waals surface area contributed by atoms with Crippen molar-refractivity contribution in [1.82, 2.24) is 5.43 Å². The SMILES string of the molecule is CCCOc1ccccc1C(NN)c1ccco1. The largest absolute Gasteiger partial charge is 0.493 e. The van der Waals surface area contributed by atoms with Gasteiger partial charge in [-0.1, -0.05) is 25.1 Å². The number of nitrogens with one attached hydrogen (secondary N) is 1. The molecule has 1 aromatic heterocycles. The molecule has 0 saturated carbocycles. The van der Waals surface area contributed by atoms with Crippen LogP contribution in [0, 0.1) is 0 Å². The molecular weight excluding hydrogens is 228 g/mol. The van der Waals surface area contributed by atoms with E-state index in [2.05, 4.69) is 12.3 Å². The van der Waals surface area contributed by atoms with E-state index in [0.29, 0.717) is 6.61 Å². The van der Waals surface area contributed by atoms with Gasteiger partial charge in [-0.2, -0.15) is 0 Å². The van der Waals surface area contributed by atoms with E-state index in [-0.39, 0.29) is 6.04 Å². The normalized spacial score (nSPS) is 12.3. The van der Waals surface area contributed by atoms with Gasteiger partial charge in [0.15, 0.2) is 0 Å². The molecule has 0 fully saturated rings. The zero-order valence-electron chi connectivity index (χ0n) is 10.4. The van der Waals surface area contributed by atoms with E-state index in [0.717, 1.165) is 23.5 Å². The van der Waals surface area contributed by atoms with Crippen molar-refractivity contribution >= 4 is 0 Å². The van der Waals surface area contributed by atoms with E-state index in [1.807, 2.05) is 36.4 Å². The third-order valence-electron chi connectivity index (χ3n) is 2.69. The van der Waals surface area contributed by atoms with E-state index < -0.39 is 0 Å². The van der Waals surface area contributed by atoms with Crippen LogP contribution in [0.1, 0.15) is 30.7 Å². The molecule has 0 aliphatic carbocycles. The highest BCUT2D eigenvalue weighted by Crippen LogP contribution is 2.29. The summed E-state index contributed by atoms with van der Waals surface area (Å²) in [6.45, 7) is 2.76. The van der Waals surface area contributed by atoms with Crippen molar-refractivity contribution in [2.45, 2.75) is 19.4 Å². The van der Waals surface area contributed by atoms with Crippen LogP contribution in [0.25, 0.3) is 0 Å². The summed E-state index contributed by atoms with van der Waals surface area (Å²) >= 11 is 0. The molecule has 0 spiro atoms. The Morgan fingerprint density at radius 1 is 1.28 bits per heavy atom. The molecule has 2 rings (SSSR count). The zero-order chi connectivity index (χ0) is 12.8. The molecular formula is C14H18N2O2. The summed E-state index contributed by atoms with van der Waals surface area (Å²) in [5.74, 6) is 7.23. The lowest BCUT2D eigenvalue weighted by molar-refractivity contribution is 0.309. The first-order valence-electron chi connectivity index (χ1n) is 6.08. The van der Waals surface area contributed by atoms with Crippen LogP contribution in [0.4, 0.5) is 0 Å². The number of furan rings is 1. The Morgan fingerprint density at radius 3 is 2.78 bits per heavy atom. The number of rotatable bonds is 6. The molecule has 1 atom stereocenters. The van der Waals surface area contributed by atoms with Gasteiger partial charge < -0.3 is 9.15 Å². The van der Waals surface area contributed by atoms with E-state index in [9.17, 15) is 0 Å². The number of hydrogen-bond acceptors (Lipinski definition) is 4. The number of hydrazine groups is 1. The number of benzene rings is 1. The summed E-state index contributed by atoms with van der Waals surface area (Å²) in [5.41, 5.74) is 3.74. The second-order valence-corrected chi connectivity index (χ2v) is 4.00. The van der Waals surface area contributed by atoms with Crippen LogP contribution in [0.2, 0.25) is 0 Å². The fourth-order valence-corrected chi connectivity index (χ4v) is 1.84. The highest BCUT2D eigenvalue weighted by Gasteiger charge is 2.18. The molecule has 3 N–H and O–H groups in total. The van der Waals surface area contributed by atoms with Gasteiger partial charge in [-0.15, -0.1) is 0 Å². The minimum atomic E-state index is -0.201. The predicted octanol–water partition coefficient (Wildman–Crippen LogP) is 2.62. The third kappa shape index (κ3) is 2.72. The summed E-state index contributed by atoms with van der Waals surface area (Å²) in [6, 6.07) is 11.4.